The molecule has 4 rings (SSSR count). The van der Waals surface area contributed by atoms with Crippen molar-refractivity contribution in [1.29, 1.82) is 0 Å². The van der Waals surface area contributed by atoms with Crippen molar-refractivity contribution in [2.45, 2.75) is 11.8 Å². The van der Waals surface area contributed by atoms with Gasteiger partial charge in [-0.2, -0.15) is 0 Å². The van der Waals surface area contributed by atoms with Gasteiger partial charge in [-0.25, -0.2) is 18.4 Å². The molecule has 1 N–H and O–H groups in total. The fraction of sp³-hybridized carbons (Fsp3) is 0.150. The number of sulfone groups is 1. The number of thiophene rings is 1. The summed E-state index contributed by atoms with van der Waals surface area (Å²) in [6.45, 7) is 2.27. The summed E-state index contributed by atoms with van der Waals surface area (Å²) < 4.78 is 25.0. The van der Waals surface area contributed by atoms with Crippen LogP contribution in [-0.2, 0) is 9.84 Å². The molecule has 0 aliphatic heterocycles. The first-order chi connectivity index (χ1) is 13.5. The van der Waals surface area contributed by atoms with E-state index in [1.165, 1.54) is 0 Å². The highest BCUT2D eigenvalue weighted by atomic mass is 32.2. The number of aryl methyl sites for hydroxylation is 1. The molecule has 3 aromatic heterocycles. The summed E-state index contributed by atoms with van der Waals surface area (Å²) >= 11 is 1.58. The number of aromatic nitrogens is 3. The van der Waals surface area contributed by atoms with Gasteiger partial charge in [0.05, 0.1) is 16.0 Å². The van der Waals surface area contributed by atoms with Crippen molar-refractivity contribution in [3.8, 4) is 11.4 Å². The lowest BCUT2D eigenvalue weighted by molar-refractivity contribution is 0.596. The molecular formula is C20H18N4O2S2. The highest BCUT2D eigenvalue weighted by molar-refractivity contribution is 7.91. The Morgan fingerprint density at radius 3 is 2.64 bits per heavy atom. The molecule has 4 aromatic rings. The standard InChI is InChI=1S/C20H18N4O2S2/c1-14-12-17-19(22-10-11-28(25,26)16-7-3-2-4-8-16)23-18(24-20(17)27-14)15-6-5-9-21-13-15/h2-9,12-13H,10-11H2,1H3,(H,22,23,24). The zero-order valence-corrected chi connectivity index (χ0v) is 16.8. The second-order valence-electron chi connectivity index (χ2n) is 6.27. The summed E-state index contributed by atoms with van der Waals surface area (Å²) in [5.74, 6) is 1.18. The summed E-state index contributed by atoms with van der Waals surface area (Å²) in [6, 6.07) is 14.2. The Hall–Kier alpha value is -2.84. The molecular weight excluding hydrogens is 392 g/mol. The van der Waals surface area contributed by atoms with Crippen LogP contribution in [0.25, 0.3) is 21.6 Å². The Labute approximate surface area is 167 Å². The molecule has 0 radical (unpaired) electrons. The van der Waals surface area contributed by atoms with Gasteiger partial charge in [-0.15, -0.1) is 11.3 Å². The van der Waals surface area contributed by atoms with Crippen LogP contribution in [-0.4, -0.2) is 35.7 Å². The Kier molecular flexibility index (Phi) is 5.06. The molecule has 0 saturated carbocycles. The quantitative estimate of drug-likeness (QED) is 0.518. The van der Waals surface area contributed by atoms with Crippen LogP contribution in [0, 0.1) is 6.92 Å². The average Bonchev–Trinajstić information content (AvgIpc) is 3.09. The zero-order chi connectivity index (χ0) is 19.6. The van der Waals surface area contributed by atoms with Crippen LogP contribution < -0.4 is 5.32 Å². The van der Waals surface area contributed by atoms with Gasteiger partial charge in [0.15, 0.2) is 15.7 Å². The molecule has 142 valence electrons. The number of pyridine rings is 1. The minimum absolute atomic E-state index is 0.0200. The van der Waals surface area contributed by atoms with Gasteiger partial charge in [0.1, 0.15) is 10.6 Å². The first kappa shape index (κ1) is 18.5. The first-order valence-corrected chi connectivity index (χ1v) is 11.2. The molecule has 0 atom stereocenters. The zero-order valence-electron chi connectivity index (χ0n) is 15.2. The maximum atomic E-state index is 12.5. The second-order valence-corrected chi connectivity index (χ2v) is 9.62. The van der Waals surface area contributed by atoms with Crippen LogP contribution in [0.4, 0.5) is 5.82 Å². The van der Waals surface area contributed by atoms with Crippen molar-refractivity contribution in [1.82, 2.24) is 15.0 Å². The SMILES string of the molecule is Cc1cc2c(NCCS(=O)(=O)c3ccccc3)nc(-c3cccnc3)nc2s1. The number of hydrogen-bond donors (Lipinski definition) is 1. The summed E-state index contributed by atoms with van der Waals surface area (Å²) in [5, 5.41) is 4.09. The maximum Gasteiger partial charge on any atom is 0.180 e. The first-order valence-electron chi connectivity index (χ1n) is 8.73. The van der Waals surface area contributed by atoms with Crippen LogP contribution in [0.15, 0.2) is 65.8 Å². The fourth-order valence-electron chi connectivity index (χ4n) is 2.85. The van der Waals surface area contributed by atoms with Crippen molar-refractivity contribution < 1.29 is 8.42 Å². The van der Waals surface area contributed by atoms with Crippen LogP contribution in [0.1, 0.15) is 4.88 Å². The van der Waals surface area contributed by atoms with Gasteiger partial charge in [0.25, 0.3) is 0 Å². The van der Waals surface area contributed by atoms with E-state index in [4.69, 9.17) is 0 Å². The number of anilines is 1. The van der Waals surface area contributed by atoms with Crippen molar-refractivity contribution in [3.05, 3.63) is 65.8 Å². The molecule has 1 aromatic carbocycles. The number of nitrogens with one attached hydrogen (secondary N) is 1. The number of fused-ring (bicyclic) bond motifs is 1. The van der Waals surface area contributed by atoms with Crippen LogP contribution >= 0.6 is 11.3 Å². The Bertz CT molecular complexity index is 1210. The summed E-state index contributed by atoms with van der Waals surface area (Å²) in [7, 11) is -3.35. The highest BCUT2D eigenvalue weighted by Gasteiger charge is 2.16. The van der Waals surface area contributed by atoms with Crippen molar-refractivity contribution in [3.63, 3.8) is 0 Å². The third-order valence-electron chi connectivity index (χ3n) is 4.20. The van der Waals surface area contributed by atoms with Gasteiger partial charge >= 0.3 is 0 Å². The molecule has 0 unspecified atom stereocenters. The largest absolute Gasteiger partial charge is 0.368 e. The third-order valence-corrected chi connectivity index (χ3v) is 6.88. The minimum atomic E-state index is -3.35. The maximum absolute atomic E-state index is 12.5. The van der Waals surface area contributed by atoms with Gasteiger partial charge in [0.2, 0.25) is 0 Å². The monoisotopic (exact) mass is 410 g/mol. The van der Waals surface area contributed by atoms with Gasteiger partial charge in [-0.05, 0) is 37.3 Å². The van der Waals surface area contributed by atoms with E-state index >= 15 is 0 Å². The predicted octanol–water partition coefficient (Wildman–Crippen LogP) is 3.95. The molecule has 0 fully saturated rings. The molecule has 0 spiro atoms. The average molecular weight is 411 g/mol. The molecule has 0 bridgehead atoms. The lowest BCUT2D eigenvalue weighted by Crippen LogP contribution is -2.16. The number of nitrogens with zero attached hydrogens (tertiary/aromatic N) is 3. The normalized spacial score (nSPS) is 11.6. The van der Waals surface area contributed by atoms with Crippen LogP contribution in [0.5, 0.6) is 0 Å². The highest BCUT2D eigenvalue weighted by Crippen LogP contribution is 2.30. The fourth-order valence-corrected chi connectivity index (χ4v) is 4.91. The molecule has 0 aliphatic carbocycles. The van der Waals surface area contributed by atoms with Gasteiger partial charge < -0.3 is 5.32 Å². The third kappa shape index (κ3) is 3.88. The number of hydrogen-bond acceptors (Lipinski definition) is 7. The lowest BCUT2D eigenvalue weighted by Gasteiger charge is -2.09. The van der Waals surface area contributed by atoms with Crippen LogP contribution in [0.2, 0.25) is 0 Å². The van der Waals surface area contributed by atoms with E-state index in [-0.39, 0.29) is 12.3 Å². The van der Waals surface area contributed by atoms with Crippen molar-refractivity contribution in [2.75, 3.05) is 17.6 Å². The lowest BCUT2D eigenvalue weighted by atomic mass is 10.2. The topological polar surface area (TPSA) is 84.8 Å². The summed E-state index contributed by atoms with van der Waals surface area (Å²) in [6.07, 6.45) is 3.41. The molecule has 28 heavy (non-hydrogen) atoms. The number of rotatable bonds is 6. The van der Waals surface area contributed by atoms with E-state index in [2.05, 4.69) is 20.3 Å². The van der Waals surface area contributed by atoms with Gasteiger partial charge in [-0.3, -0.25) is 4.98 Å². The Morgan fingerprint density at radius 1 is 1.07 bits per heavy atom. The van der Waals surface area contributed by atoms with E-state index in [0.717, 1.165) is 20.7 Å². The van der Waals surface area contributed by atoms with Crippen molar-refractivity contribution in [2.24, 2.45) is 0 Å². The Balaban J connectivity index is 1.61. The minimum Gasteiger partial charge on any atom is -0.368 e. The Morgan fingerprint density at radius 2 is 1.89 bits per heavy atom. The van der Waals surface area contributed by atoms with E-state index < -0.39 is 9.84 Å². The van der Waals surface area contributed by atoms with Crippen LogP contribution in [0.3, 0.4) is 0 Å². The smallest absolute Gasteiger partial charge is 0.180 e. The second kappa shape index (κ2) is 7.65. The van der Waals surface area contributed by atoms with E-state index in [1.54, 1.807) is 54.1 Å². The summed E-state index contributed by atoms with van der Waals surface area (Å²) in [5.41, 5.74) is 0.815. The molecule has 0 amide bonds. The molecule has 0 saturated heterocycles. The van der Waals surface area contributed by atoms with Crippen molar-refractivity contribution >= 4 is 37.2 Å². The van der Waals surface area contributed by atoms with E-state index in [1.807, 2.05) is 25.1 Å². The van der Waals surface area contributed by atoms with E-state index in [0.29, 0.717) is 16.5 Å². The molecule has 6 nitrogen and oxygen atoms in total. The number of benzene rings is 1. The molecule has 8 heteroatoms. The van der Waals surface area contributed by atoms with Gasteiger partial charge in [0, 0.05) is 29.4 Å². The molecule has 3 heterocycles. The predicted molar refractivity (Wildman–Crippen MR) is 112 cm³/mol. The summed E-state index contributed by atoms with van der Waals surface area (Å²) in [4.78, 5) is 15.7. The van der Waals surface area contributed by atoms with Gasteiger partial charge in [-0.1, -0.05) is 18.2 Å². The molecule has 0 aliphatic rings. The van der Waals surface area contributed by atoms with E-state index in [9.17, 15) is 8.42 Å².